The largest absolute Gasteiger partial charge is 0.454 e. The van der Waals surface area contributed by atoms with Gasteiger partial charge >= 0.3 is 0 Å². The molecule has 1 heterocycles. The maximum Gasteiger partial charge on any atom is 0.231 e. The number of hydrogen-bond acceptors (Lipinski definition) is 4. The van der Waals surface area contributed by atoms with Crippen LogP contribution in [0.1, 0.15) is 62.3 Å². The molecule has 1 aliphatic carbocycles. The number of amides is 1. The van der Waals surface area contributed by atoms with Crippen LogP contribution < -0.4 is 14.8 Å². The van der Waals surface area contributed by atoms with Crippen molar-refractivity contribution in [2.45, 2.75) is 65.3 Å². The van der Waals surface area contributed by atoms with E-state index in [0.29, 0.717) is 19.4 Å². The molecule has 0 bridgehead atoms. The Morgan fingerprint density at radius 2 is 1.59 bits per heavy atom. The van der Waals surface area contributed by atoms with Crippen molar-refractivity contribution in [3.8, 4) is 22.6 Å². The predicted molar refractivity (Wildman–Crippen MR) is 145 cm³/mol. The Hall–Kier alpha value is -3.60. The molecule has 192 valence electrons. The molecule has 0 unspecified atom stereocenters. The van der Waals surface area contributed by atoms with E-state index in [2.05, 4.69) is 75.5 Å². The second kappa shape index (κ2) is 9.70. The van der Waals surface area contributed by atoms with Crippen LogP contribution in [0.25, 0.3) is 11.1 Å². The second-order valence-electron chi connectivity index (χ2n) is 11.6. The fourth-order valence-electron chi connectivity index (χ4n) is 5.04. The van der Waals surface area contributed by atoms with Crippen LogP contribution in [0.2, 0.25) is 0 Å². The van der Waals surface area contributed by atoms with Crippen molar-refractivity contribution < 1.29 is 19.1 Å². The van der Waals surface area contributed by atoms with E-state index >= 15 is 0 Å². The average molecular weight is 498 g/mol. The number of aryl methyl sites for hydroxylation is 1. The molecule has 0 aromatic heterocycles. The Balaban J connectivity index is 1.27. The van der Waals surface area contributed by atoms with Gasteiger partial charge in [0.2, 0.25) is 12.7 Å². The number of ketones is 1. The Labute approximate surface area is 219 Å². The smallest absolute Gasteiger partial charge is 0.231 e. The molecule has 5 rings (SSSR count). The number of rotatable bonds is 8. The highest BCUT2D eigenvalue weighted by molar-refractivity contribution is 5.95. The lowest BCUT2D eigenvalue weighted by Gasteiger charge is -2.17. The second-order valence-corrected chi connectivity index (χ2v) is 11.6. The summed E-state index contributed by atoms with van der Waals surface area (Å²) >= 11 is 0. The summed E-state index contributed by atoms with van der Waals surface area (Å²) in [6.07, 6.45) is 2.65. The highest BCUT2D eigenvalue weighted by Crippen LogP contribution is 2.51. The summed E-state index contributed by atoms with van der Waals surface area (Å²) in [5, 5.41) is 3.01. The Morgan fingerprint density at radius 3 is 2.30 bits per heavy atom. The number of ether oxygens (including phenoxy) is 2. The van der Waals surface area contributed by atoms with Crippen molar-refractivity contribution in [2.24, 2.45) is 5.41 Å². The molecule has 5 heteroatoms. The molecule has 2 aliphatic rings. The normalized spacial score (nSPS) is 15.4. The fourth-order valence-corrected chi connectivity index (χ4v) is 5.04. The molecule has 0 atom stereocenters. The Kier molecular flexibility index (Phi) is 6.57. The van der Waals surface area contributed by atoms with Crippen LogP contribution in [0.3, 0.4) is 0 Å². The maximum atomic E-state index is 13.5. The third-order valence-corrected chi connectivity index (χ3v) is 7.32. The molecule has 1 amide bonds. The molecule has 0 spiro atoms. The Bertz CT molecular complexity index is 1330. The van der Waals surface area contributed by atoms with E-state index in [1.807, 2.05) is 18.2 Å². The number of hydrogen-bond donors (Lipinski definition) is 1. The van der Waals surface area contributed by atoms with E-state index in [-0.39, 0.29) is 23.9 Å². The maximum absolute atomic E-state index is 13.5. The molecule has 0 saturated heterocycles. The fraction of sp³-hybridized carbons (Fsp3) is 0.375. The number of nitrogens with one attached hydrogen (secondary N) is 1. The summed E-state index contributed by atoms with van der Waals surface area (Å²) in [6, 6.07) is 20.5. The first-order valence-corrected chi connectivity index (χ1v) is 13.0. The first-order chi connectivity index (χ1) is 17.6. The van der Waals surface area contributed by atoms with Gasteiger partial charge in [0, 0.05) is 19.4 Å². The van der Waals surface area contributed by atoms with Crippen LogP contribution in [0.5, 0.6) is 11.5 Å². The van der Waals surface area contributed by atoms with Gasteiger partial charge in [0.1, 0.15) is 5.78 Å². The molecule has 37 heavy (non-hydrogen) atoms. The first kappa shape index (κ1) is 25.1. The summed E-state index contributed by atoms with van der Waals surface area (Å²) in [5.74, 6) is 1.79. The van der Waals surface area contributed by atoms with Gasteiger partial charge in [0.15, 0.2) is 11.5 Å². The summed E-state index contributed by atoms with van der Waals surface area (Å²) in [6.45, 7) is 9.04. The molecule has 0 radical (unpaired) electrons. The van der Waals surface area contributed by atoms with E-state index in [4.69, 9.17) is 9.47 Å². The van der Waals surface area contributed by atoms with Crippen LogP contribution in [-0.2, 0) is 28.0 Å². The number of carbonyl (C=O) groups is 2. The molecular weight excluding hydrogens is 462 g/mol. The molecule has 3 aromatic rings. The molecule has 3 aromatic carbocycles. The molecular formula is C32H35NO4. The SMILES string of the molecule is Cc1ccc(CC(=O)C2(c3ccc4c(c3)OCO4)CC2)cc1-c1ccc(CNC(=O)CC(C)(C)C)cc1. The summed E-state index contributed by atoms with van der Waals surface area (Å²) in [5.41, 5.74) is 6.08. The van der Waals surface area contributed by atoms with Gasteiger partial charge in [-0.25, -0.2) is 0 Å². The standard InChI is InChI=1S/C32H35NO4/c1-21-5-6-23(16-29(34)32(13-14-32)25-11-12-27-28(17-25)37-20-36-27)15-26(21)24-9-7-22(8-10-24)19-33-30(35)18-31(2,3)4/h5-12,15,17H,13-14,16,18-20H2,1-4H3,(H,33,35). The number of Topliss-reactive ketones (excluding diaryl/α,β-unsaturated/α-hetero) is 1. The van der Waals surface area contributed by atoms with Crippen LogP contribution >= 0.6 is 0 Å². The monoisotopic (exact) mass is 497 g/mol. The lowest BCUT2D eigenvalue weighted by Crippen LogP contribution is -2.27. The van der Waals surface area contributed by atoms with Crippen molar-refractivity contribution in [1.82, 2.24) is 5.32 Å². The van der Waals surface area contributed by atoms with Crippen molar-refractivity contribution >= 4 is 11.7 Å². The third-order valence-electron chi connectivity index (χ3n) is 7.32. The minimum absolute atomic E-state index is 0.0263. The van der Waals surface area contributed by atoms with Gasteiger partial charge in [0.25, 0.3) is 0 Å². The van der Waals surface area contributed by atoms with E-state index in [9.17, 15) is 9.59 Å². The van der Waals surface area contributed by atoms with Crippen molar-refractivity contribution in [1.29, 1.82) is 0 Å². The number of benzene rings is 3. The summed E-state index contributed by atoms with van der Waals surface area (Å²) < 4.78 is 11.0. The molecule has 1 fully saturated rings. The molecule has 5 nitrogen and oxygen atoms in total. The van der Waals surface area contributed by atoms with E-state index in [1.54, 1.807) is 0 Å². The third kappa shape index (κ3) is 5.56. The zero-order valence-electron chi connectivity index (χ0n) is 22.1. The quantitative estimate of drug-likeness (QED) is 0.397. The molecule has 1 aliphatic heterocycles. The summed E-state index contributed by atoms with van der Waals surface area (Å²) in [4.78, 5) is 25.6. The topological polar surface area (TPSA) is 64.6 Å². The van der Waals surface area contributed by atoms with Gasteiger partial charge in [-0.1, -0.05) is 69.3 Å². The van der Waals surface area contributed by atoms with Gasteiger partial charge in [-0.15, -0.1) is 0 Å². The van der Waals surface area contributed by atoms with Crippen molar-refractivity contribution in [3.63, 3.8) is 0 Å². The van der Waals surface area contributed by atoms with Crippen LogP contribution in [0.15, 0.2) is 60.7 Å². The predicted octanol–water partition coefficient (Wildman–Crippen LogP) is 6.29. The lowest BCUT2D eigenvalue weighted by molar-refractivity contribution is -0.123. The van der Waals surface area contributed by atoms with Gasteiger partial charge in [-0.2, -0.15) is 0 Å². The highest BCUT2D eigenvalue weighted by atomic mass is 16.7. The highest BCUT2D eigenvalue weighted by Gasteiger charge is 2.50. The number of fused-ring (bicyclic) bond motifs is 1. The van der Waals surface area contributed by atoms with E-state index < -0.39 is 5.41 Å². The van der Waals surface area contributed by atoms with Crippen molar-refractivity contribution in [3.05, 3.63) is 82.9 Å². The van der Waals surface area contributed by atoms with Gasteiger partial charge in [-0.3, -0.25) is 9.59 Å². The Morgan fingerprint density at radius 1 is 0.892 bits per heavy atom. The van der Waals surface area contributed by atoms with Gasteiger partial charge in [0.05, 0.1) is 5.41 Å². The van der Waals surface area contributed by atoms with E-state index in [0.717, 1.165) is 52.2 Å². The average Bonchev–Trinajstić information content (AvgIpc) is 3.54. The van der Waals surface area contributed by atoms with E-state index in [1.165, 1.54) is 5.56 Å². The van der Waals surface area contributed by atoms with Crippen LogP contribution in [-0.4, -0.2) is 18.5 Å². The van der Waals surface area contributed by atoms with Gasteiger partial charge in [-0.05, 0) is 70.7 Å². The number of carbonyl (C=O) groups excluding carboxylic acids is 2. The van der Waals surface area contributed by atoms with Crippen molar-refractivity contribution in [2.75, 3.05) is 6.79 Å². The minimum atomic E-state index is -0.412. The van der Waals surface area contributed by atoms with Gasteiger partial charge < -0.3 is 14.8 Å². The molecule has 1 N–H and O–H groups in total. The molecule has 1 saturated carbocycles. The van der Waals surface area contributed by atoms with Crippen LogP contribution in [0.4, 0.5) is 0 Å². The zero-order valence-corrected chi connectivity index (χ0v) is 22.1. The minimum Gasteiger partial charge on any atom is -0.454 e. The lowest BCUT2D eigenvalue weighted by atomic mass is 9.87. The van der Waals surface area contributed by atoms with Crippen LogP contribution in [0, 0.1) is 12.3 Å². The summed E-state index contributed by atoms with van der Waals surface area (Å²) in [7, 11) is 0. The first-order valence-electron chi connectivity index (χ1n) is 13.0. The zero-order chi connectivity index (χ0) is 26.2.